The number of sulfonamides is 1. The summed E-state index contributed by atoms with van der Waals surface area (Å²) in [6, 6.07) is 0. The lowest BCUT2D eigenvalue weighted by Crippen LogP contribution is -2.58. The van der Waals surface area contributed by atoms with Crippen LogP contribution in [0, 0.1) is 5.92 Å². The molecule has 0 aromatic rings. The molecule has 1 fully saturated rings. The van der Waals surface area contributed by atoms with Crippen LogP contribution < -0.4 is 4.72 Å². The maximum atomic E-state index is 12.1. The van der Waals surface area contributed by atoms with Gasteiger partial charge in [0.15, 0.2) is 0 Å². The van der Waals surface area contributed by atoms with Gasteiger partial charge in [-0.15, -0.1) is 0 Å². The van der Waals surface area contributed by atoms with E-state index in [1.807, 2.05) is 6.92 Å². The molecule has 0 amide bonds. The molecule has 0 aromatic heterocycles. The zero-order chi connectivity index (χ0) is 15.7. The van der Waals surface area contributed by atoms with Crippen LogP contribution in [0.15, 0.2) is 0 Å². The summed E-state index contributed by atoms with van der Waals surface area (Å²) in [5.41, 5.74) is 0. The first kappa shape index (κ1) is 18.9. The second kappa shape index (κ2) is 9.77. The van der Waals surface area contributed by atoms with Gasteiger partial charge in [-0.25, -0.2) is 13.1 Å². The van der Waals surface area contributed by atoms with E-state index in [1.54, 1.807) is 0 Å². The molecular weight excluding hydrogens is 288 g/mol. The molecule has 1 aliphatic heterocycles. The van der Waals surface area contributed by atoms with E-state index < -0.39 is 10.0 Å². The molecule has 0 spiro atoms. The van der Waals surface area contributed by atoms with Gasteiger partial charge < -0.3 is 9.64 Å². The molecule has 6 heteroatoms. The first-order valence-corrected chi connectivity index (χ1v) is 9.79. The van der Waals surface area contributed by atoms with E-state index in [0.29, 0.717) is 25.6 Å². The lowest BCUT2D eigenvalue weighted by molar-refractivity contribution is 0.143. The molecule has 0 aromatic carbocycles. The Kier molecular flexibility index (Phi) is 8.78. The third-order valence-electron chi connectivity index (χ3n) is 3.71. The second-order valence-corrected chi connectivity index (χ2v) is 8.33. The number of hydrogen-bond donors (Lipinski definition) is 1. The normalized spacial score (nSPS) is 17.3. The largest absolute Gasteiger partial charge is 0.382 e. The van der Waals surface area contributed by atoms with Gasteiger partial charge in [0.25, 0.3) is 0 Å². The Morgan fingerprint density at radius 2 is 1.86 bits per heavy atom. The Morgan fingerprint density at radius 1 is 1.19 bits per heavy atom. The summed E-state index contributed by atoms with van der Waals surface area (Å²) in [6.07, 6.45) is 4.13. The van der Waals surface area contributed by atoms with E-state index in [-0.39, 0.29) is 5.25 Å². The van der Waals surface area contributed by atoms with Crippen molar-refractivity contribution >= 4 is 10.0 Å². The fourth-order valence-corrected chi connectivity index (χ4v) is 4.02. The Bertz CT molecular complexity index is 365. The maximum Gasteiger partial charge on any atom is 0.217 e. The molecule has 0 unspecified atom stereocenters. The molecular formula is C15H32N2O3S. The number of ether oxygens (including phenoxy) is 1. The summed E-state index contributed by atoms with van der Waals surface area (Å²) in [6.45, 7) is 10.8. The summed E-state index contributed by atoms with van der Waals surface area (Å²) < 4.78 is 32.1. The van der Waals surface area contributed by atoms with E-state index in [2.05, 4.69) is 23.5 Å². The summed E-state index contributed by atoms with van der Waals surface area (Å²) >= 11 is 0. The molecule has 0 radical (unpaired) electrons. The molecule has 21 heavy (non-hydrogen) atoms. The molecule has 1 N–H and O–H groups in total. The van der Waals surface area contributed by atoms with Crippen molar-refractivity contribution in [3.8, 4) is 0 Å². The number of unbranched alkanes of at least 4 members (excludes halogenated alkanes) is 3. The van der Waals surface area contributed by atoms with Crippen LogP contribution in [0.4, 0.5) is 0 Å². The van der Waals surface area contributed by atoms with Gasteiger partial charge in [-0.05, 0) is 25.7 Å². The Labute approximate surface area is 130 Å². The number of rotatable bonds is 12. The maximum absolute atomic E-state index is 12.1. The van der Waals surface area contributed by atoms with Crippen LogP contribution in [0.5, 0.6) is 0 Å². The topological polar surface area (TPSA) is 58.6 Å². The summed E-state index contributed by atoms with van der Waals surface area (Å²) in [5.74, 6) is 0.596. The number of hydrogen-bond acceptors (Lipinski definition) is 4. The van der Waals surface area contributed by atoms with Crippen LogP contribution in [0.2, 0.25) is 0 Å². The molecule has 1 rings (SSSR count). The van der Waals surface area contributed by atoms with Gasteiger partial charge in [0, 0.05) is 39.4 Å². The number of nitrogens with one attached hydrogen (secondary N) is 1. The van der Waals surface area contributed by atoms with Gasteiger partial charge in [-0.2, -0.15) is 0 Å². The minimum atomic E-state index is -3.11. The smallest absolute Gasteiger partial charge is 0.217 e. The Balaban J connectivity index is 2.04. The molecule has 5 nitrogen and oxygen atoms in total. The van der Waals surface area contributed by atoms with Gasteiger partial charge in [0.2, 0.25) is 10.0 Å². The van der Waals surface area contributed by atoms with E-state index in [1.165, 1.54) is 0 Å². The van der Waals surface area contributed by atoms with Gasteiger partial charge in [-0.3, -0.25) is 0 Å². The summed E-state index contributed by atoms with van der Waals surface area (Å²) in [7, 11) is -3.11. The van der Waals surface area contributed by atoms with Crippen molar-refractivity contribution in [3.63, 3.8) is 0 Å². The SMILES string of the molecule is CCOCCCCCCNS(=O)(=O)C1CN(CC(C)C)C1. The third kappa shape index (κ3) is 7.58. The third-order valence-corrected chi connectivity index (χ3v) is 5.49. The van der Waals surface area contributed by atoms with Gasteiger partial charge >= 0.3 is 0 Å². The Hall–Kier alpha value is -0.170. The highest BCUT2D eigenvalue weighted by molar-refractivity contribution is 7.90. The van der Waals surface area contributed by atoms with Crippen LogP contribution in [0.1, 0.15) is 46.5 Å². The van der Waals surface area contributed by atoms with Crippen LogP contribution >= 0.6 is 0 Å². The van der Waals surface area contributed by atoms with Gasteiger partial charge in [0.05, 0.1) is 0 Å². The van der Waals surface area contributed by atoms with Crippen molar-refractivity contribution in [2.24, 2.45) is 5.92 Å². The van der Waals surface area contributed by atoms with Crippen molar-refractivity contribution in [3.05, 3.63) is 0 Å². The van der Waals surface area contributed by atoms with Crippen molar-refractivity contribution in [1.82, 2.24) is 9.62 Å². The fourth-order valence-electron chi connectivity index (χ4n) is 2.54. The van der Waals surface area contributed by atoms with Crippen LogP contribution in [0.25, 0.3) is 0 Å². The minimum absolute atomic E-state index is 0.214. The first-order chi connectivity index (χ1) is 9.95. The van der Waals surface area contributed by atoms with E-state index in [4.69, 9.17) is 4.74 Å². The van der Waals surface area contributed by atoms with E-state index in [9.17, 15) is 8.42 Å². The molecule has 1 saturated heterocycles. The predicted molar refractivity (Wildman–Crippen MR) is 86.9 cm³/mol. The van der Waals surface area contributed by atoms with Gasteiger partial charge in [0.1, 0.15) is 5.25 Å². The quantitative estimate of drug-likeness (QED) is 0.558. The Morgan fingerprint density at radius 3 is 2.48 bits per heavy atom. The number of likely N-dealkylation sites (tertiary alicyclic amines) is 1. The predicted octanol–water partition coefficient (Wildman–Crippen LogP) is 1.84. The molecule has 1 aliphatic rings. The highest BCUT2D eigenvalue weighted by Crippen LogP contribution is 2.17. The van der Waals surface area contributed by atoms with Crippen molar-refractivity contribution < 1.29 is 13.2 Å². The van der Waals surface area contributed by atoms with E-state index >= 15 is 0 Å². The molecule has 0 aliphatic carbocycles. The lowest BCUT2D eigenvalue weighted by Gasteiger charge is -2.39. The summed E-state index contributed by atoms with van der Waals surface area (Å²) in [5, 5.41) is -0.214. The minimum Gasteiger partial charge on any atom is -0.382 e. The highest BCUT2D eigenvalue weighted by atomic mass is 32.2. The lowest BCUT2D eigenvalue weighted by atomic mass is 10.1. The molecule has 0 bridgehead atoms. The standard InChI is InChI=1S/C15H32N2O3S/c1-4-20-10-8-6-5-7-9-16-21(18,19)15-12-17(13-15)11-14(2)3/h14-16H,4-13H2,1-3H3. The van der Waals surface area contributed by atoms with Crippen molar-refractivity contribution in [2.75, 3.05) is 39.4 Å². The zero-order valence-electron chi connectivity index (χ0n) is 13.8. The zero-order valence-corrected chi connectivity index (χ0v) is 14.6. The fraction of sp³-hybridized carbons (Fsp3) is 1.00. The summed E-state index contributed by atoms with van der Waals surface area (Å²) in [4.78, 5) is 2.21. The monoisotopic (exact) mass is 320 g/mol. The van der Waals surface area contributed by atoms with Crippen LogP contribution in [-0.4, -0.2) is 58.0 Å². The molecule has 1 heterocycles. The van der Waals surface area contributed by atoms with Crippen LogP contribution in [-0.2, 0) is 14.8 Å². The molecule has 0 atom stereocenters. The molecule has 0 saturated carbocycles. The van der Waals surface area contributed by atoms with E-state index in [0.717, 1.165) is 45.4 Å². The molecule has 126 valence electrons. The highest BCUT2D eigenvalue weighted by Gasteiger charge is 2.36. The number of nitrogens with zero attached hydrogens (tertiary/aromatic N) is 1. The van der Waals surface area contributed by atoms with Gasteiger partial charge in [-0.1, -0.05) is 26.7 Å². The van der Waals surface area contributed by atoms with Crippen molar-refractivity contribution in [1.29, 1.82) is 0 Å². The first-order valence-electron chi connectivity index (χ1n) is 8.24. The average molecular weight is 320 g/mol. The van der Waals surface area contributed by atoms with Crippen LogP contribution in [0.3, 0.4) is 0 Å². The van der Waals surface area contributed by atoms with Crippen molar-refractivity contribution in [2.45, 2.75) is 51.7 Å². The average Bonchev–Trinajstić information content (AvgIpc) is 2.36. The second-order valence-electron chi connectivity index (χ2n) is 6.28.